The number of para-hydroxylation sites is 5. The summed E-state index contributed by atoms with van der Waals surface area (Å²) >= 11 is 0. The minimum atomic E-state index is -0.0439. The number of ether oxygens (including phenoxy) is 3. The van der Waals surface area contributed by atoms with Crippen molar-refractivity contribution < 1.29 is 18.8 Å². The van der Waals surface area contributed by atoms with Crippen LogP contribution in [0.3, 0.4) is 0 Å². The molecule has 0 fully saturated rings. The molecule has 346 valence electrons. The standard InChI is InChI=1S/C64H44BN5O3/c1-64(2,3)41-32-33-66-60(36-41)70-50-23-10-8-21-47(50)48-31-30-45(38-54(48)70)71-44-19-13-18-43(37-44)67-39-68(52-25-12-11-24-51(52)67)49-22-9-7-20-46(49)40-34-55-62-59(35-40)73-58-29-15-28-57-63(58)65(62)61-53(26-14-27-56(61)72-57)69(55)42-16-5-4-6-17-42/h4-38H,1-3H3. The van der Waals surface area contributed by atoms with Gasteiger partial charge in [-0.2, -0.15) is 0 Å². The number of anilines is 3. The second kappa shape index (κ2) is 15.6. The molecule has 0 saturated carbocycles. The van der Waals surface area contributed by atoms with Gasteiger partial charge in [0.1, 0.15) is 40.3 Å². The van der Waals surface area contributed by atoms with Gasteiger partial charge in [-0.3, -0.25) is 13.7 Å². The van der Waals surface area contributed by atoms with Gasteiger partial charge in [-0.1, -0.05) is 118 Å². The maximum atomic E-state index is 6.96. The highest BCUT2D eigenvalue weighted by atomic mass is 16.5. The Hall–Kier alpha value is -9.34. The van der Waals surface area contributed by atoms with Crippen LogP contribution in [0.4, 0.5) is 17.1 Å². The summed E-state index contributed by atoms with van der Waals surface area (Å²) in [6, 6.07) is 72.1. The van der Waals surface area contributed by atoms with E-state index in [9.17, 15) is 0 Å². The highest BCUT2D eigenvalue weighted by Crippen LogP contribution is 2.47. The summed E-state index contributed by atoms with van der Waals surface area (Å²) < 4.78 is 26.9. The van der Waals surface area contributed by atoms with Crippen LogP contribution in [0.25, 0.3) is 61.2 Å². The molecule has 0 saturated heterocycles. The van der Waals surface area contributed by atoms with Crippen LogP contribution >= 0.6 is 0 Å². The number of hydrogen-bond acceptors (Lipinski definition) is 5. The molecule has 73 heavy (non-hydrogen) atoms. The molecule has 0 amide bonds. The predicted octanol–water partition coefficient (Wildman–Crippen LogP) is 13.5. The van der Waals surface area contributed by atoms with Crippen molar-refractivity contribution in [3.8, 4) is 62.8 Å². The minimum Gasteiger partial charge on any atom is -0.458 e. The third-order valence-corrected chi connectivity index (χ3v) is 14.8. The topological polar surface area (TPSA) is 57.6 Å². The van der Waals surface area contributed by atoms with Gasteiger partial charge in [0.25, 0.3) is 13.0 Å². The highest BCUT2D eigenvalue weighted by Gasteiger charge is 2.47. The molecule has 15 rings (SSSR count). The Morgan fingerprint density at radius 3 is 2.08 bits per heavy atom. The lowest BCUT2D eigenvalue weighted by Crippen LogP contribution is -2.61. The van der Waals surface area contributed by atoms with Crippen molar-refractivity contribution in [3.05, 3.63) is 224 Å². The van der Waals surface area contributed by atoms with Crippen LogP contribution in [0.15, 0.2) is 212 Å². The first kappa shape index (κ1) is 41.4. The molecule has 0 spiro atoms. The van der Waals surface area contributed by atoms with E-state index in [2.05, 4.69) is 234 Å². The second-order valence-corrected chi connectivity index (χ2v) is 20.1. The Balaban J connectivity index is 0.837. The van der Waals surface area contributed by atoms with Crippen molar-refractivity contribution in [2.45, 2.75) is 26.2 Å². The van der Waals surface area contributed by atoms with E-state index in [1.807, 2.05) is 24.4 Å². The van der Waals surface area contributed by atoms with Gasteiger partial charge in [-0.25, -0.2) is 4.98 Å². The summed E-state index contributed by atoms with van der Waals surface area (Å²) in [6.45, 7) is 6.66. The summed E-state index contributed by atoms with van der Waals surface area (Å²) in [7, 11) is 0. The molecule has 0 unspecified atom stereocenters. The molecule has 3 aliphatic heterocycles. The van der Waals surface area contributed by atoms with Crippen molar-refractivity contribution in [1.82, 2.24) is 14.1 Å². The largest absolute Gasteiger partial charge is 0.458 e. The highest BCUT2D eigenvalue weighted by molar-refractivity contribution is 7.00. The molecule has 3 aliphatic rings. The van der Waals surface area contributed by atoms with Crippen molar-refractivity contribution in [2.75, 3.05) is 4.90 Å². The van der Waals surface area contributed by atoms with E-state index in [0.717, 1.165) is 118 Å². The van der Waals surface area contributed by atoms with Crippen LogP contribution < -0.4 is 40.1 Å². The number of nitrogens with zero attached hydrogens (tertiary/aromatic N) is 5. The molecule has 9 aromatic carbocycles. The Morgan fingerprint density at radius 1 is 0.534 bits per heavy atom. The zero-order valence-electron chi connectivity index (χ0n) is 40.2. The fourth-order valence-corrected chi connectivity index (χ4v) is 11.5. The fourth-order valence-electron chi connectivity index (χ4n) is 11.5. The Bertz CT molecular complexity index is 4270. The van der Waals surface area contributed by atoms with E-state index < -0.39 is 0 Å². The van der Waals surface area contributed by atoms with E-state index in [0.29, 0.717) is 5.75 Å². The van der Waals surface area contributed by atoms with E-state index in [1.165, 1.54) is 10.9 Å². The number of hydrogen-bond donors (Lipinski definition) is 0. The van der Waals surface area contributed by atoms with Crippen LogP contribution in [-0.4, -0.2) is 20.8 Å². The van der Waals surface area contributed by atoms with Gasteiger partial charge in [0.15, 0.2) is 0 Å². The zero-order valence-corrected chi connectivity index (χ0v) is 40.2. The molecule has 0 bridgehead atoms. The minimum absolute atomic E-state index is 0.0255. The van der Waals surface area contributed by atoms with Crippen LogP contribution in [0.5, 0.6) is 34.5 Å². The molecule has 9 heteroatoms. The maximum absolute atomic E-state index is 6.96. The summed E-state index contributed by atoms with van der Waals surface area (Å²) in [5.74, 6) is 5.69. The van der Waals surface area contributed by atoms with E-state index in [1.54, 1.807) is 0 Å². The Kier molecular flexibility index (Phi) is 8.85. The SMILES string of the molecule is CC(C)(C)c1ccnc(-n2c3ccccc3c3ccc(Oc4cccc(-n5[c-][n+](-c6ccccc6-c6cc7c8c(c6)N(c6ccccc6)c6cccc9c6B8c6c(cccc6O7)O9)c6ccccc65)c4)cc32)c1. The van der Waals surface area contributed by atoms with Crippen LogP contribution in [0.2, 0.25) is 0 Å². The molecule has 8 nitrogen and oxygen atoms in total. The van der Waals surface area contributed by atoms with Crippen molar-refractivity contribution in [1.29, 1.82) is 0 Å². The van der Waals surface area contributed by atoms with Crippen LogP contribution in [-0.2, 0) is 5.41 Å². The number of benzene rings is 9. The summed E-state index contributed by atoms with van der Waals surface area (Å²) in [4.78, 5) is 7.26. The van der Waals surface area contributed by atoms with Gasteiger partial charge in [-0.05, 0) is 136 Å². The average molecular weight is 942 g/mol. The molecule has 0 atom stereocenters. The summed E-state index contributed by atoms with van der Waals surface area (Å²) in [5.41, 5.74) is 15.9. The van der Waals surface area contributed by atoms with Crippen LogP contribution in [0.1, 0.15) is 26.3 Å². The smallest absolute Gasteiger partial charge is 0.269 e. The van der Waals surface area contributed by atoms with Gasteiger partial charge < -0.3 is 19.1 Å². The molecule has 12 aromatic rings. The predicted molar refractivity (Wildman–Crippen MR) is 292 cm³/mol. The summed E-state index contributed by atoms with van der Waals surface area (Å²) in [6.07, 6.45) is 5.71. The first-order valence-corrected chi connectivity index (χ1v) is 24.8. The molecule has 3 aromatic heterocycles. The fraction of sp³-hybridized carbons (Fsp3) is 0.0625. The average Bonchev–Trinajstić information content (AvgIpc) is 3.97. The third-order valence-electron chi connectivity index (χ3n) is 14.8. The second-order valence-electron chi connectivity index (χ2n) is 20.1. The van der Waals surface area contributed by atoms with Gasteiger partial charge in [0.2, 0.25) is 0 Å². The lowest BCUT2D eigenvalue weighted by Gasteiger charge is -2.43. The lowest BCUT2D eigenvalue weighted by atomic mass is 9.33. The molecule has 6 heterocycles. The van der Waals surface area contributed by atoms with E-state index in [-0.39, 0.29) is 12.1 Å². The number of imidazole rings is 1. The molecule has 0 radical (unpaired) electrons. The van der Waals surface area contributed by atoms with Crippen molar-refractivity contribution in [3.63, 3.8) is 0 Å². The van der Waals surface area contributed by atoms with Crippen molar-refractivity contribution >= 4 is 73.0 Å². The first-order chi connectivity index (χ1) is 35.8. The Labute approximate surface area is 422 Å². The molecular weight excluding hydrogens is 898 g/mol. The normalized spacial score (nSPS) is 13.0. The maximum Gasteiger partial charge on any atom is 0.269 e. The monoisotopic (exact) mass is 941 g/mol. The van der Waals surface area contributed by atoms with Gasteiger partial charge in [0.05, 0.1) is 33.4 Å². The Morgan fingerprint density at radius 2 is 1.22 bits per heavy atom. The number of pyridine rings is 1. The van der Waals surface area contributed by atoms with Crippen LogP contribution in [0, 0.1) is 6.33 Å². The third kappa shape index (κ3) is 6.34. The molecule has 0 aliphatic carbocycles. The molecular formula is C64H44BN5O3. The van der Waals surface area contributed by atoms with E-state index >= 15 is 0 Å². The van der Waals surface area contributed by atoms with E-state index in [4.69, 9.17) is 19.2 Å². The first-order valence-electron chi connectivity index (χ1n) is 24.8. The lowest BCUT2D eigenvalue weighted by molar-refractivity contribution is -0.571. The quantitative estimate of drug-likeness (QED) is 0.0905. The number of fused-ring (bicyclic) bond motifs is 4. The number of rotatable bonds is 7. The van der Waals surface area contributed by atoms with Gasteiger partial charge >= 0.3 is 0 Å². The molecule has 0 N–H and O–H groups in total. The van der Waals surface area contributed by atoms with Gasteiger partial charge in [0, 0.05) is 45.6 Å². The van der Waals surface area contributed by atoms with Crippen molar-refractivity contribution in [2.24, 2.45) is 0 Å². The summed E-state index contributed by atoms with van der Waals surface area (Å²) in [5, 5.41) is 2.31. The van der Waals surface area contributed by atoms with Gasteiger partial charge in [-0.15, -0.1) is 0 Å². The zero-order chi connectivity index (χ0) is 48.5. The number of aromatic nitrogens is 4.